The zero-order valence-corrected chi connectivity index (χ0v) is 13.2. The van der Waals surface area contributed by atoms with Crippen molar-refractivity contribution in [2.75, 3.05) is 13.2 Å². The first kappa shape index (κ1) is 17.0. The minimum atomic E-state index is -0.429. The molecule has 0 amide bonds. The Morgan fingerprint density at radius 2 is 1.70 bits per heavy atom. The average Bonchev–Trinajstić information content (AvgIpc) is 2.37. The van der Waals surface area contributed by atoms with Crippen LogP contribution in [0.5, 0.6) is 0 Å². The van der Waals surface area contributed by atoms with Gasteiger partial charge < -0.3 is 9.47 Å². The second-order valence-corrected chi connectivity index (χ2v) is 5.92. The molecule has 0 spiro atoms. The van der Waals surface area contributed by atoms with E-state index in [1.54, 1.807) is 0 Å². The van der Waals surface area contributed by atoms with Crippen molar-refractivity contribution in [3.05, 3.63) is 35.4 Å². The van der Waals surface area contributed by atoms with Crippen LogP contribution in [0.25, 0.3) is 0 Å². The molecule has 0 bridgehead atoms. The van der Waals surface area contributed by atoms with Crippen LogP contribution < -0.4 is 0 Å². The van der Waals surface area contributed by atoms with E-state index in [0.29, 0.717) is 25.5 Å². The fraction of sp³-hybridized carbons (Fsp3) is 0.562. The molecule has 4 heteroatoms. The van der Waals surface area contributed by atoms with Crippen LogP contribution in [0.2, 0.25) is 0 Å². The van der Waals surface area contributed by atoms with Crippen LogP contribution in [0.15, 0.2) is 24.3 Å². The van der Waals surface area contributed by atoms with Crippen LogP contribution in [-0.4, -0.2) is 24.8 Å². The Balaban J connectivity index is 2.14. The van der Waals surface area contributed by atoms with Gasteiger partial charge in [0.05, 0.1) is 19.6 Å². The summed E-state index contributed by atoms with van der Waals surface area (Å²) in [6, 6.07) is 8.13. The highest BCUT2D eigenvalue weighted by atomic mass is 35.5. The van der Waals surface area contributed by atoms with E-state index in [4.69, 9.17) is 21.1 Å². The van der Waals surface area contributed by atoms with E-state index in [1.165, 1.54) is 5.56 Å². The van der Waals surface area contributed by atoms with Gasteiger partial charge in [0.2, 0.25) is 0 Å². The minimum absolute atomic E-state index is 0.219. The van der Waals surface area contributed by atoms with Crippen molar-refractivity contribution in [1.82, 2.24) is 0 Å². The maximum absolute atomic E-state index is 11.4. The maximum atomic E-state index is 11.4. The lowest BCUT2D eigenvalue weighted by Crippen LogP contribution is -2.24. The first-order valence-corrected chi connectivity index (χ1v) is 7.37. The molecule has 0 atom stereocenters. The van der Waals surface area contributed by atoms with Gasteiger partial charge in [0.15, 0.2) is 0 Å². The molecule has 0 radical (unpaired) electrons. The summed E-state index contributed by atoms with van der Waals surface area (Å²) < 4.78 is 10.6. The molecule has 0 unspecified atom stereocenters. The summed E-state index contributed by atoms with van der Waals surface area (Å²) in [5.74, 6) is 0.316. The highest BCUT2D eigenvalue weighted by Crippen LogP contribution is 2.09. The second-order valence-electron chi connectivity index (χ2n) is 5.65. The second kappa shape index (κ2) is 8.28. The summed E-state index contributed by atoms with van der Waals surface area (Å²) in [5.41, 5.74) is 1.89. The Kier molecular flexibility index (Phi) is 7.03. The van der Waals surface area contributed by atoms with Crippen molar-refractivity contribution in [3.63, 3.8) is 0 Å². The van der Waals surface area contributed by atoms with Crippen molar-refractivity contribution >= 4 is 17.6 Å². The van der Waals surface area contributed by atoms with Gasteiger partial charge in [0.25, 0.3) is 0 Å². The van der Waals surface area contributed by atoms with Gasteiger partial charge in [-0.15, -0.1) is 11.6 Å². The maximum Gasteiger partial charge on any atom is 0.308 e. The van der Waals surface area contributed by atoms with Gasteiger partial charge in [-0.2, -0.15) is 0 Å². The standard InChI is InChI=1S/C16H23ClO3/c1-16(2,3)20-15(18)9-11-19-10-8-13-4-6-14(12-17)7-5-13/h4-7H,8-12H2,1-3H3. The molecule has 3 nitrogen and oxygen atoms in total. The molecule has 20 heavy (non-hydrogen) atoms. The number of halogens is 1. The number of rotatable bonds is 7. The summed E-state index contributed by atoms with van der Waals surface area (Å²) in [6.45, 7) is 6.57. The fourth-order valence-corrected chi connectivity index (χ4v) is 1.81. The summed E-state index contributed by atoms with van der Waals surface area (Å²) >= 11 is 5.73. The van der Waals surface area contributed by atoms with Gasteiger partial charge in [-0.1, -0.05) is 24.3 Å². The quantitative estimate of drug-likeness (QED) is 0.437. The zero-order chi connectivity index (χ0) is 15.0. The number of alkyl halides is 1. The molecule has 0 saturated heterocycles. The Bertz CT molecular complexity index is 407. The number of esters is 1. The van der Waals surface area contributed by atoms with Gasteiger partial charge >= 0.3 is 5.97 Å². The van der Waals surface area contributed by atoms with Crippen LogP contribution in [0, 0.1) is 0 Å². The van der Waals surface area contributed by atoms with Crippen molar-refractivity contribution in [3.8, 4) is 0 Å². The van der Waals surface area contributed by atoms with E-state index >= 15 is 0 Å². The Morgan fingerprint density at radius 1 is 1.10 bits per heavy atom. The monoisotopic (exact) mass is 298 g/mol. The number of carbonyl (C=O) groups is 1. The van der Waals surface area contributed by atoms with Crippen LogP contribution in [0.1, 0.15) is 38.3 Å². The van der Waals surface area contributed by atoms with Crippen LogP contribution in [-0.2, 0) is 26.6 Å². The highest BCUT2D eigenvalue weighted by Gasteiger charge is 2.15. The number of hydrogen-bond acceptors (Lipinski definition) is 3. The first-order valence-electron chi connectivity index (χ1n) is 6.84. The van der Waals surface area contributed by atoms with Crippen molar-refractivity contribution in [2.45, 2.75) is 45.1 Å². The van der Waals surface area contributed by atoms with E-state index in [-0.39, 0.29) is 5.97 Å². The van der Waals surface area contributed by atoms with Gasteiger partial charge in [0, 0.05) is 5.88 Å². The van der Waals surface area contributed by atoms with Crippen molar-refractivity contribution in [2.24, 2.45) is 0 Å². The third-order valence-corrected chi connectivity index (χ3v) is 2.89. The largest absolute Gasteiger partial charge is 0.460 e. The van der Waals surface area contributed by atoms with E-state index in [0.717, 1.165) is 12.0 Å². The van der Waals surface area contributed by atoms with Crippen molar-refractivity contribution < 1.29 is 14.3 Å². The molecule has 0 aliphatic heterocycles. The molecule has 1 rings (SSSR count). The lowest BCUT2D eigenvalue weighted by molar-refractivity contribution is -0.156. The molecule has 0 aliphatic carbocycles. The molecule has 0 aromatic heterocycles. The summed E-state index contributed by atoms with van der Waals surface area (Å²) in [4.78, 5) is 11.4. The third-order valence-electron chi connectivity index (χ3n) is 2.58. The SMILES string of the molecule is CC(C)(C)OC(=O)CCOCCc1ccc(CCl)cc1. The van der Waals surface area contributed by atoms with Gasteiger partial charge in [-0.05, 0) is 38.3 Å². The predicted octanol–water partition coefficient (Wildman–Crippen LogP) is 3.72. The molecule has 0 saturated carbocycles. The zero-order valence-electron chi connectivity index (χ0n) is 12.4. The predicted molar refractivity (Wildman–Crippen MR) is 81.0 cm³/mol. The summed E-state index contributed by atoms with van der Waals surface area (Å²) in [6.07, 6.45) is 1.12. The Morgan fingerprint density at radius 3 is 2.25 bits per heavy atom. The summed E-state index contributed by atoms with van der Waals surface area (Å²) in [7, 11) is 0. The molecule has 1 aromatic rings. The molecule has 0 N–H and O–H groups in total. The van der Waals surface area contributed by atoms with E-state index < -0.39 is 5.60 Å². The molecule has 0 aliphatic rings. The number of benzene rings is 1. The van der Waals surface area contributed by atoms with E-state index in [1.807, 2.05) is 32.9 Å². The Hall–Kier alpha value is -1.06. The van der Waals surface area contributed by atoms with Crippen LogP contribution in [0.3, 0.4) is 0 Å². The topological polar surface area (TPSA) is 35.5 Å². The summed E-state index contributed by atoms with van der Waals surface area (Å²) in [5, 5.41) is 0. The fourth-order valence-electron chi connectivity index (χ4n) is 1.64. The number of ether oxygens (including phenoxy) is 2. The lowest BCUT2D eigenvalue weighted by Gasteiger charge is -2.19. The minimum Gasteiger partial charge on any atom is -0.460 e. The highest BCUT2D eigenvalue weighted by molar-refractivity contribution is 6.17. The van der Waals surface area contributed by atoms with Gasteiger partial charge in [0.1, 0.15) is 5.60 Å². The molecule has 0 fully saturated rings. The molecular formula is C16H23ClO3. The van der Waals surface area contributed by atoms with Crippen LogP contribution in [0.4, 0.5) is 0 Å². The Labute approximate surface area is 126 Å². The molecule has 0 heterocycles. The normalized spacial score (nSPS) is 11.4. The molecular weight excluding hydrogens is 276 g/mol. The molecule has 1 aromatic carbocycles. The van der Waals surface area contributed by atoms with E-state index in [9.17, 15) is 4.79 Å². The van der Waals surface area contributed by atoms with Gasteiger partial charge in [-0.25, -0.2) is 0 Å². The van der Waals surface area contributed by atoms with Crippen LogP contribution >= 0.6 is 11.6 Å². The third kappa shape index (κ3) is 7.51. The number of hydrogen-bond donors (Lipinski definition) is 0. The number of carbonyl (C=O) groups excluding carboxylic acids is 1. The van der Waals surface area contributed by atoms with Gasteiger partial charge in [-0.3, -0.25) is 4.79 Å². The van der Waals surface area contributed by atoms with Crippen molar-refractivity contribution in [1.29, 1.82) is 0 Å². The average molecular weight is 299 g/mol. The smallest absolute Gasteiger partial charge is 0.308 e. The lowest BCUT2D eigenvalue weighted by atomic mass is 10.1. The first-order chi connectivity index (χ1) is 9.40. The van der Waals surface area contributed by atoms with E-state index in [2.05, 4.69) is 12.1 Å². The molecule has 112 valence electrons.